The van der Waals surface area contributed by atoms with Gasteiger partial charge in [0.2, 0.25) is 5.91 Å². The van der Waals surface area contributed by atoms with E-state index in [1.165, 1.54) is 11.1 Å². The van der Waals surface area contributed by atoms with Crippen LogP contribution in [-0.4, -0.2) is 5.91 Å². The van der Waals surface area contributed by atoms with Crippen molar-refractivity contribution in [3.63, 3.8) is 0 Å². The SMILES string of the molecule is CCc1ccccc1CNCc1ccc(C(N)=O)cc1Cl. The number of hydrogen-bond donors (Lipinski definition) is 2. The number of rotatable bonds is 6. The molecular weight excluding hydrogens is 284 g/mol. The highest BCUT2D eigenvalue weighted by molar-refractivity contribution is 6.31. The molecule has 0 saturated heterocycles. The van der Waals surface area contributed by atoms with Gasteiger partial charge < -0.3 is 11.1 Å². The molecule has 1 amide bonds. The minimum atomic E-state index is -0.465. The first-order valence-electron chi connectivity index (χ1n) is 6.97. The Balaban J connectivity index is 1.99. The van der Waals surface area contributed by atoms with Crippen LogP contribution in [-0.2, 0) is 19.5 Å². The third-order valence-electron chi connectivity index (χ3n) is 3.47. The summed E-state index contributed by atoms with van der Waals surface area (Å²) in [6.45, 7) is 3.59. The Morgan fingerprint density at radius 3 is 2.38 bits per heavy atom. The van der Waals surface area contributed by atoms with Gasteiger partial charge in [0.1, 0.15) is 0 Å². The van der Waals surface area contributed by atoms with E-state index in [9.17, 15) is 4.79 Å². The summed E-state index contributed by atoms with van der Waals surface area (Å²) in [6, 6.07) is 13.5. The lowest BCUT2D eigenvalue weighted by molar-refractivity contribution is 0.100. The van der Waals surface area contributed by atoms with Gasteiger partial charge in [0.05, 0.1) is 0 Å². The van der Waals surface area contributed by atoms with Gasteiger partial charge >= 0.3 is 0 Å². The highest BCUT2D eigenvalue weighted by atomic mass is 35.5. The van der Waals surface area contributed by atoms with Crippen molar-refractivity contribution in [1.29, 1.82) is 0 Å². The van der Waals surface area contributed by atoms with Crippen LogP contribution in [0.15, 0.2) is 42.5 Å². The number of nitrogens with one attached hydrogen (secondary N) is 1. The number of primary amides is 1. The zero-order valence-corrected chi connectivity index (χ0v) is 12.8. The quantitative estimate of drug-likeness (QED) is 0.860. The smallest absolute Gasteiger partial charge is 0.248 e. The molecule has 0 aliphatic carbocycles. The van der Waals surface area contributed by atoms with Gasteiger partial charge in [-0.05, 0) is 35.2 Å². The number of aryl methyl sites for hydroxylation is 1. The molecule has 0 atom stereocenters. The molecule has 21 heavy (non-hydrogen) atoms. The van der Waals surface area contributed by atoms with E-state index in [-0.39, 0.29) is 0 Å². The minimum absolute atomic E-state index is 0.431. The Bertz CT molecular complexity index is 640. The monoisotopic (exact) mass is 302 g/mol. The Hall–Kier alpha value is -1.84. The first-order valence-corrected chi connectivity index (χ1v) is 7.35. The van der Waals surface area contributed by atoms with E-state index in [0.29, 0.717) is 17.1 Å². The van der Waals surface area contributed by atoms with Crippen molar-refractivity contribution in [2.75, 3.05) is 0 Å². The molecule has 110 valence electrons. The van der Waals surface area contributed by atoms with E-state index in [4.69, 9.17) is 17.3 Å². The lowest BCUT2D eigenvalue weighted by Crippen LogP contribution is -2.15. The van der Waals surface area contributed by atoms with Gasteiger partial charge in [0.25, 0.3) is 0 Å². The van der Waals surface area contributed by atoms with Gasteiger partial charge in [-0.25, -0.2) is 0 Å². The van der Waals surface area contributed by atoms with Crippen LogP contribution >= 0.6 is 11.6 Å². The Morgan fingerprint density at radius 2 is 1.76 bits per heavy atom. The van der Waals surface area contributed by atoms with Crippen molar-refractivity contribution in [3.05, 3.63) is 69.7 Å². The van der Waals surface area contributed by atoms with Gasteiger partial charge in [0, 0.05) is 23.7 Å². The number of benzene rings is 2. The van der Waals surface area contributed by atoms with Crippen LogP contribution in [0.2, 0.25) is 5.02 Å². The van der Waals surface area contributed by atoms with E-state index in [1.54, 1.807) is 12.1 Å². The highest BCUT2D eigenvalue weighted by Crippen LogP contribution is 2.18. The molecule has 3 nitrogen and oxygen atoms in total. The lowest BCUT2D eigenvalue weighted by Gasteiger charge is -2.10. The average molecular weight is 303 g/mol. The number of halogens is 1. The predicted octanol–water partition coefficient (Wildman–Crippen LogP) is 3.29. The van der Waals surface area contributed by atoms with Crippen LogP contribution in [0, 0.1) is 0 Å². The lowest BCUT2D eigenvalue weighted by atomic mass is 10.1. The van der Waals surface area contributed by atoms with Gasteiger partial charge in [-0.3, -0.25) is 4.79 Å². The number of carbonyl (C=O) groups is 1. The molecule has 0 radical (unpaired) electrons. The summed E-state index contributed by atoms with van der Waals surface area (Å²) in [5, 5.41) is 3.94. The van der Waals surface area contributed by atoms with Crippen molar-refractivity contribution in [2.24, 2.45) is 5.73 Å². The third-order valence-corrected chi connectivity index (χ3v) is 3.82. The molecule has 2 rings (SSSR count). The summed E-state index contributed by atoms with van der Waals surface area (Å²) in [5.74, 6) is -0.465. The summed E-state index contributed by atoms with van der Waals surface area (Å²) in [5.41, 5.74) is 9.26. The number of amides is 1. The first kappa shape index (κ1) is 15.5. The molecule has 0 spiro atoms. The topological polar surface area (TPSA) is 55.1 Å². The van der Waals surface area contributed by atoms with Crippen LogP contribution in [0.4, 0.5) is 0 Å². The van der Waals surface area contributed by atoms with Crippen LogP contribution in [0.3, 0.4) is 0 Å². The zero-order valence-electron chi connectivity index (χ0n) is 12.0. The molecule has 0 aliphatic rings. The third kappa shape index (κ3) is 4.06. The van der Waals surface area contributed by atoms with Crippen LogP contribution in [0.1, 0.15) is 34.0 Å². The standard InChI is InChI=1S/C17H19ClN2O/c1-2-12-5-3-4-6-14(12)10-20-11-15-8-7-13(17(19)21)9-16(15)18/h3-9,20H,2,10-11H2,1H3,(H2,19,21). The maximum Gasteiger partial charge on any atom is 0.248 e. The Kier molecular flexibility index (Phi) is 5.37. The summed E-state index contributed by atoms with van der Waals surface area (Å²) < 4.78 is 0. The summed E-state index contributed by atoms with van der Waals surface area (Å²) >= 11 is 6.17. The number of hydrogen-bond acceptors (Lipinski definition) is 2. The molecule has 4 heteroatoms. The second-order valence-electron chi connectivity index (χ2n) is 4.90. The maximum atomic E-state index is 11.1. The number of carbonyl (C=O) groups excluding carboxylic acids is 1. The molecule has 0 unspecified atom stereocenters. The number of nitrogens with two attached hydrogens (primary N) is 1. The maximum absolute atomic E-state index is 11.1. The molecule has 0 aliphatic heterocycles. The molecule has 0 fully saturated rings. The molecular formula is C17H19ClN2O. The van der Waals surface area contributed by atoms with E-state index in [0.717, 1.165) is 18.5 Å². The van der Waals surface area contributed by atoms with Gasteiger partial charge in [-0.1, -0.05) is 48.9 Å². The van der Waals surface area contributed by atoms with Crippen molar-refractivity contribution in [3.8, 4) is 0 Å². The molecule has 0 saturated carbocycles. The second-order valence-corrected chi connectivity index (χ2v) is 5.30. The van der Waals surface area contributed by atoms with E-state index in [1.807, 2.05) is 12.1 Å². The minimum Gasteiger partial charge on any atom is -0.366 e. The van der Waals surface area contributed by atoms with E-state index < -0.39 is 5.91 Å². The van der Waals surface area contributed by atoms with Crippen molar-refractivity contribution >= 4 is 17.5 Å². The molecule has 2 aromatic carbocycles. The van der Waals surface area contributed by atoms with Crippen molar-refractivity contribution in [2.45, 2.75) is 26.4 Å². The van der Waals surface area contributed by atoms with Crippen LogP contribution < -0.4 is 11.1 Å². The normalized spacial score (nSPS) is 10.6. The summed E-state index contributed by atoms with van der Waals surface area (Å²) in [6.07, 6.45) is 1.02. The molecule has 0 aromatic heterocycles. The largest absolute Gasteiger partial charge is 0.366 e. The average Bonchev–Trinajstić information content (AvgIpc) is 2.49. The zero-order chi connectivity index (χ0) is 15.2. The van der Waals surface area contributed by atoms with Crippen LogP contribution in [0.5, 0.6) is 0 Å². The highest BCUT2D eigenvalue weighted by Gasteiger charge is 2.06. The summed E-state index contributed by atoms with van der Waals surface area (Å²) in [4.78, 5) is 11.1. The first-order chi connectivity index (χ1) is 10.1. The fraction of sp³-hybridized carbons (Fsp3) is 0.235. The van der Waals surface area contributed by atoms with Gasteiger partial charge in [-0.2, -0.15) is 0 Å². The fourth-order valence-corrected chi connectivity index (χ4v) is 2.50. The van der Waals surface area contributed by atoms with E-state index >= 15 is 0 Å². The van der Waals surface area contributed by atoms with Gasteiger partial charge in [-0.15, -0.1) is 0 Å². The van der Waals surface area contributed by atoms with Gasteiger partial charge in [0.15, 0.2) is 0 Å². The molecule has 2 aromatic rings. The Labute approximate surface area is 130 Å². The predicted molar refractivity (Wildman–Crippen MR) is 86.3 cm³/mol. The van der Waals surface area contributed by atoms with Crippen molar-refractivity contribution < 1.29 is 4.79 Å². The molecule has 0 bridgehead atoms. The molecule has 3 N–H and O–H groups in total. The van der Waals surface area contributed by atoms with Crippen molar-refractivity contribution in [1.82, 2.24) is 5.32 Å². The second kappa shape index (κ2) is 7.25. The van der Waals surface area contributed by atoms with E-state index in [2.05, 4.69) is 30.4 Å². The van der Waals surface area contributed by atoms with Crippen LogP contribution in [0.25, 0.3) is 0 Å². The Morgan fingerprint density at radius 1 is 1.10 bits per heavy atom. The molecule has 0 heterocycles. The fourth-order valence-electron chi connectivity index (χ4n) is 2.25. The summed E-state index contributed by atoms with van der Waals surface area (Å²) in [7, 11) is 0.